The fraction of sp³-hybridized carbons (Fsp3) is 0.571. The molecule has 1 aromatic carbocycles. The SMILES string of the molecule is CC1(C)CCCC(Nc2cc(S(N)(=O)=O)ccc2Cl)C1. The fourth-order valence-corrected chi connectivity index (χ4v) is 3.55. The zero-order valence-electron chi connectivity index (χ0n) is 11.8. The monoisotopic (exact) mass is 316 g/mol. The van der Waals surface area contributed by atoms with Crippen LogP contribution in [0.1, 0.15) is 39.5 Å². The number of hydrogen-bond acceptors (Lipinski definition) is 3. The molecular formula is C14H21ClN2O2S. The normalized spacial score (nSPS) is 22.5. The molecular weight excluding hydrogens is 296 g/mol. The lowest BCUT2D eigenvalue weighted by molar-refractivity contribution is 0.229. The molecule has 0 heterocycles. The molecule has 0 aromatic heterocycles. The van der Waals surface area contributed by atoms with Crippen molar-refractivity contribution in [1.82, 2.24) is 0 Å². The Morgan fingerprint density at radius 1 is 1.40 bits per heavy atom. The standard InChI is InChI=1S/C14H21ClN2O2S/c1-14(2)7-3-4-10(9-14)17-13-8-11(20(16,18)19)5-6-12(13)15/h5-6,8,10,17H,3-4,7,9H2,1-2H3,(H2,16,18,19). The quantitative estimate of drug-likeness (QED) is 0.898. The average Bonchev–Trinajstić information content (AvgIpc) is 2.29. The van der Waals surface area contributed by atoms with Crippen molar-refractivity contribution >= 4 is 27.3 Å². The molecule has 0 amide bonds. The van der Waals surface area contributed by atoms with Crippen LogP contribution in [0, 0.1) is 5.41 Å². The van der Waals surface area contributed by atoms with Crippen LogP contribution < -0.4 is 10.5 Å². The molecule has 4 nitrogen and oxygen atoms in total. The molecule has 20 heavy (non-hydrogen) atoms. The highest BCUT2D eigenvalue weighted by Gasteiger charge is 2.28. The van der Waals surface area contributed by atoms with E-state index in [0.717, 1.165) is 19.3 Å². The van der Waals surface area contributed by atoms with E-state index in [1.165, 1.54) is 18.6 Å². The predicted octanol–water partition coefficient (Wildman–Crippen LogP) is 3.37. The summed E-state index contributed by atoms with van der Waals surface area (Å²) in [6, 6.07) is 4.82. The van der Waals surface area contributed by atoms with Crippen molar-refractivity contribution in [2.24, 2.45) is 10.6 Å². The van der Waals surface area contributed by atoms with Crippen LogP contribution in [0.15, 0.2) is 23.1 Å². The summed E-state index contributed by atoms with van der Waals surface area (Å²) >= 11 is 6.14. The van der Waals surface area contributed by atoms with Crippen molar-refractivity contribution in [2.45, 2.75) is 50.5 Å². The number of sulfonamides is 1. The highest BCUT2D eigenvalue weighted by molar-refractivity contribution is 7.89. The summed E-state index contributed by atoms with van der Waals surface area (Å²) in [7, 11) is -3.70. The summed E-state index contributed by atoms with van der Waals surface area (Å²) in [4.78, 5) is 0.0828. The Balaban J connectivity index is 2.21. The fourth-order valence-electron chi connectivity index (χ4n) is 2.83. The van der Waals surface area contributed by atoms with Crippen LogP contribution in [-0.4, -0.2) is 14.5 Å². The Morgan fingerprint density at radius 3 is 2.70 bits per heavy atom. The Hall–Kier alpha value is -0.780. The van der Waals surface area contributed by atoms with Gasteiger partial charge >= 0.3 is 0 Å². The molecule has 3 N–H and O–H groups in total. The zero-order valence-corrected chi connectivity index (χ0v) is 13.4. The maximum Gasteiger partial charge on any atom is 0.238 e. The van der Waals surface area contributed by atoms with E-state index in [2.05, 4.69) is 19.2 Å². The lowest BCUT2D eigenvalue weighted by atomic mass is 9.75. The van der Waals surface area contributed by atoms with E-state index in [0.29, 0.717) is 22.2 Å². The largest absolute Gasteiger partial charge is 0.381 e. The molecule has 6 heteroatoms. The molecule has 0 aliphatic heterocycles. The van der Waals surface area contributed by atoms with Gasteiger partial charge in [0.1, 0.15) is 0 Å². The van der Waals surface area contributed by atoms with Gasteiger partial charge in [0.15, 0.2) is 0 Å². The van der Waals surface area contributed by atoms with E-state index >= 15 is 0 Å². The van der Waals surface area contributed by atoms with Gasteiger partial charge in [-0.25, -0.2) is 13.6 Å². The van der Waals surface area contributed by atoms with Gasteiger partial charge in [-0.1, -0.05) is 31.9 Å². The maximum absolute atomic E-state index is 11.4. The molecule has 1 atom stereocenters. The van der Waals surface area contributed by atoms with Gasteiger partial charge in [0.25, 0.3) is 0 Å². The Kier molecular flexibility index (Phi) is 4.33. The second kappa shape index (κ2) is 5.54. The van der Waals surface area contributed by atoms with Crippen LogP contribution in [0.5, 0.6) is 0 Å². The van der Waals surface area contributed by atoms with Gasteiger partial charge in [0, 0.05) is 6.04 Å². The van der Waals surface area contributed by atoms with Gasteiger partial charge in [-0.05, 0) is 42.9 Å². The number of anilines is 1. The summed E-state index contributed by atoms with van der Waals surface area (Å²) in [6.07, 6.45) is 4.50. The molecule has 0 bridgehead atoms. The first-order valence-corrected chi connectivity index (χ1v) is 8.69. The topological polar surface area (TPSA) is 72.2 Å². The van der Waals surface area contributed by atoms with Crippen molar-refractivity contribution in [3.8, 4) is 0 Å². The van der Waals surface area contributed by atoms with Gasteiger partial charge in [-0.2, -0.15) is 0 Å². The highest BCUT2D eigenvalue weighted by Crippen LogP contribution is 2.37. The van der Waals surface area contributed by atoms with Gasteiger partial charge in [0.2, 0.25) is 10.0 Å². The van der Waals surface area contributed by atoms with Crippen molar-refractivity contribution in [3.05, 3.63) is 23.2 Å². The van der Waals surface area contributed by atoms with E-state index in [9.17, 15) is 8.42 Å². The molecule has 1 fully saturated rings. The van der Waals surface area contributed by atoms with Crippen molar-refractivity contribution in [3.63, 3.8) is 0 Å². The number of nitrogens with two attached hydrogens (primary N) is 1. The molecule has 1 unspecified atom stereocenters. The summed E-state index contributed by atoms with van der Waals surface area (Å²) in [5, 5.41) is 9.03. The smallest absolute Gasteiger partial charge is 0.238 e. The minimum Gasteiger partial charge on any atom is -0.381 e. The number of primary sulfonamides is 1. The molecule has 2 rings (SSSR count). The third-order valence-corrected chi connectivity index (χ3v) is 5.07. The van der Waals surface area contributed by atoms with Crippen LogP contribution in [0.25, 0.3) is 0 Å². The Bertz CT molecular complexity index is 599. The van der Waals surface area contributed by atoms with Gasteiger partial charge in [-0.15, -0.1) is 0 Å². The van der Waals surface area contributed by atoms with E-state index < -0.39 is 10.0 Å². The van der Waals surface area contributed by atoms with E-state index in [1.54, 1.807) is 6.07 Å². The van der Waals surface area contributed by atoms with Gasteiger partial charge < -0.3 is 5.32 Å². The Morgan fingerprint density at radius 2 is 2.10 bits per heavy atom. The summed E-state index contributed by atoms with van der Waals surface area (Å²) in [5.74, 6) is 0. The summed E-state index contributed by atoms with van der Waals surface area (Å²) < 4.78 is 22.8. The first-order valence-electron chi connectivity index (χ1n) is 6.76. The van der Waals surface area contributed by atoms with Crippen molar-refractivity contribution in [1.29, 1.82) is 0 Å². The molecule has 112 valence electrons. The molecule has 0 radical (unpaired) electrons. The first kappa shape index (κ1) is 15.6. The average molecular weight is 317 g/mol. The number of halogens is 1. The number of hydrogen-bond donors (Lipinski definition) is 2. The predicted molar refractivity (Wildman–Crippen MR) is 82.5 cm³/mol. The van der Waals surface area contributed by atoms with E-state index in [4.69, 9.17) is 16.7 Å². The third-order valence-electron chi connectivity index (χ3n) is 3.83. The van der Waals surface area contributed by atoms with Gasteiger partial charge in [0.05, 0.1) is 15.6 Å². The van der Waals surface area contributed by atoms with Crippen LogP contribution in [0.4, 0.5) is 5.69 Å². The lowest BCUT2D eigenvalue weighted by Crippen LogP contribution is -2.31. The van der Waals surface area contributed by atoms with Crippen LogP contribution in [0.3, 0.4) is 0 Å². The minimum atomic E-state index is -3.70. The molecule has 0 saturated heterocycles. The van der Waals surface area contributed by atoms with Crippen molar-refractivity contribution in [2.75, 3.05) is 5.32 Å². The number of benzene rings is 1. The number of nitrogens with one attached hydrogen (secondary N) is 1. The van der Waals surface area contributed by atoms with Crippen LogP contribution in [-0.2, 0) is 10.0 Å². The van der Waals surface area contributed by atoms with E-state index in [-0.39, 0.29) is 4.90 Å². The maximum atomic E-state index is 11.4. The molecule has 1 aromatic rings. The minimum absolute atomic E-state index is 0.0828. The second-order valence-corrected chi connectivity index (χ2v) is 8.26. The van der Waals surface area contributed by atoms with Crippen molar-refractivity contribution < 1.29 is 8.42 Å². The lowest BCUT2D eigenvalue weighted by Gasteiger charge is -2.36. The second-order valence-electron chi connectivity index (χ2n) is 6.29. The van der Waals surface area contributed by atoms with Gasteiger partial charge in [-0.3, -0.25) is 0 Å². The zero-order chi connectivity index (χ0) is 15.0. The molecule has 0 spiro atoms. The summed E-state index contributed by atoms with van der Waals surface area (Å²) in [6.45, 7) is 4.51. The van der Waals surface area contributed by atoms with Crippen LogP contribution in [0.2, 0.25) is 5.02 Å². The summed E-state index contributed by atoms with van der Waals surface area (Å²) in [5.41, 5.74) is 0.945. The molecule has 1 saturated carbocycles. The van der Waals surface area contributed by atoms with Crippen LogP contribution >= 0.6 is 11.6 Å². The third kappa shape index (κ3) is 3.87. The first-order chi connectivity index (χ1) is 9.17. The molecule has 1 aliphatic carbocycles. The van der Waals surface area contributed by atoms with E-state index in [1.807, 2.05) is 0 Å². The number of rotatable bonds is 3. The Labute approximate surface area is 125 Å². The highest BCUT2D eigenvalue weighted by atomic mass is 35.5. The molecule has 1 aliphatic rings.